The zero-order valence-corrected chi connectivity index (χ0v) is 26.6. The van der Waals surface area contributed by atoms with E-state index in [1.807, 2.05) is 114 Å². The first kappa shape index (κ1) is 29.2. The van der Waals surface area contributed by atoms with Gasteiger partial charge in [0.15, 0.2) is 11.3 Å². The number of amides is 1. The molecule has 4 aromatic rings. The van der Waals surface area contributed by atoms with E-state index in [0.29, 0.717) is 18.0 Å². The van der Waals surface area contributed by atoms with Gasteiger partial charge in [0.2, 0.25) is 0 Å². The summed E-state index contributed by atoms with van der Waals surface area (Å²) in [6, 6.07) is 36.0. The van der Waals surface area contributed by atoms with Crippen molar-refractivity contribution >= 4 is 28.8 Å². The number of hydrazone groups is 1. The van der Waals surface area contributed by atoms with Crippen molar-refractivity contribution in [1.82, 2.24) is 0 Å². The van der Waals surface area contributed by atoms with E-state index in [2.05, 4.69) is 32.9 Å². The topological polar surface area (TPSA) is 53.0 Å². The zero-order valence-electron chi connectivity index (χ0n) is 26.6. The molecule has 1 aliphatic carbocycles. The first-order valence-electron chi connectivity index (χ1n) is 16.2. The number of nitrogens with zero attached hydrogens (tertiary/aromatic N) is 3. The van der Waals surface area contributed by atoms with E-state index in [1.54, 1.807) is 0 Å². The molecule has 1 fully saturated rings. The van der Waals surface area contributed by atoms with Gasteiger partial charge in [0.25, 0.3) is 5.91 Å². The van der Waals surface area contributed by atoms with E-state index in [4.69, 9.17) is 5.10 Å². The molecule has 7 rings (SSSR count). The number of benzene rings is 4. The van der Waals surface area contributed by atoms with Gasteiger partial charge in [-0.3, -0.25) is 9.59 Å². The second kappa shape index (κ2) is 11.1. The number of rotatable bonds is 5. The third kappa shape index (κ3) is 4.80. The van der Waals surface area contributed by atoms with Crippen LogP contribution in [-0.4, -0.2) is 17.4 Å². The molecule has 1 saturated carbocycles. The van der Waals surface area contributed by atoms with E-state index in [9.17, 15) is 0 Å². The van der Waals surface area contributed by atoms with Crippen LogP contribution in [-0.2, 0) is 16.9 Å². The first-order chi connectivity index (χ1) is 21.7. The fraction of sp³-hybridized carbons (Fsp3) is 0.325. The molecule has 0 bridgehead atoms. The lowest BCUT2D eigenvalue weighted by Crippen LogP contribution is -2.64. The van der Waals surface area contributed by atoms with Crippen LogP contribution in [0.1, 0.15) is 67.1 Å². The number of fused-ring (bicyclic) bond motifs is 3. The minimum absolute atomic E-state index is 0.00704. The molecule has 0 unspecified atom stereocenters. The summed E-state index contributed by atoms with van der Waals surface area (Å²) >= 11 is 0. The zero-order chi connectivity index (χ0) is 31.3. The normalized spacial score (nSPS) is 24.3. The van der Waals surface area contributed by atoms with Gasteiger partial charge < -0.3 is 4.90 Å². The molecule has 4 atom stereocenters. The van der Waals surface area contributed by atoms with Crippen molar-refractivity contribution in [3.05, 3.63) is 131 Å². The second-order valence-electron chi connectivity index (χ2n) is 14.1. The largest absolute Gasteiger partial charge is 0.305 e. The Bertz CT molecular complexity index is 1760. The maximum absolute atomic E-state index is 15.5. The van der Waals surface area contributed by atoms with Crippen LogP contribution in [0.5, 0.6) is 0 Å². The Morgan fingerprint density at radius 2 is 1.51 bits per heavy atom. The summed E-state index contributed by atoms with van der Waals surface area (Å²) in [6.07, 6.45) is 2.65. The third-order valence-electron chi connectivity index (χ3n) is 10.3. The quantitative estimate of drug-likeness (QED) is 0.217. The van der Waals surface area contributed by atoms with Crippen LogP contribution >= 0.6 is 0 Å². The minimum atomic E-state index is -1.34. The van der Waals surface area contributed by atoms with Gasteiger partial charge in [-0.2, -0.15) is 5.10 Å². The standard InChI is InChI=1S/C40H41N3O2/c1-27-19-21-29(22-20-27)37(44)36-32-25-30(39(2,3)4)23-24-34(32)41-43(31-15-9-6-10-16-31)40(36)33-17-11-12-18-35(33)42(38(40)45)26-28-13-7-5-8-14-28/h5-22,30,32,36H,23-26H2,1-4H3/t30-,32+,36-,40+/m1/s1. The number of aryl methyl sites for hydroxylation is 1. The van der Waals surface area contributed by atoms with Gasteiger partial charge in [-0.1, -0.05) is 117 Å². The van der Waals surface area contributed by atoms with Crippen LogP contribution in [0.25, 0.3) is 0 Å². The maximum Gasteiger partial charge on any atom is 0.260 e. The number of ketones is 1. The molecular formula is C40H41N3O2. The number of anilines is 2. The number of carbonyl (C=O) groups excluding carboxylic acids is 2. The van der Waals surface area contributed by atoms with Crippen molar-refractivity contribution in [3.8, 4) is 0 Å². The van der Waals surface area contributed by atoms with Gasteiger partial charge in [0.05, 0.1) is 23.8 Å². The summed E-state index contributed by atoms with van der Waals surface area (Å²) in [5.74, 6) is -0.504. The van der Waals surface area contributed by atoms with Crippen molar-refractivity contribution in [2.45, 2.75) is 59.0 Å². The van der Waals surface area contributed by atoms with Crippen molar-refractivity contribution in [3.63, 3.8) is 0 Å². The Morgan fingerprint density at radius 1 is 0.867 bits per heavy atom. The van der Waals surface area contributed by atoms with Crippen LogP contribution < -0.4 is 9.91 Å². The lowest BCUT2D eigenvalue weighted by Gasteiger charge is -2.52. The lowest BCUT2D eigenvalue weighted by molar-refractivity contribution is -0.125. The molecule has 1 amide bonds. The number of hydrogen-bond donors (Lipinski definition) is 0. The molecule has 0 radical (unpaired) electrons. The van der Waals surface area contributed by atoms with Crippen molar-refractivity contribution in [2.24, 2.45) is 28.3 Å². The van der Waals surface area contributed by atoms with Gasteiger partial charge in [-0.25, -0.2) is 5.01 Å². The van der Waals surface area contributed by atoms with E-state index in [-0.39, 0.29) is 23.0 Å². The number of hydrogen-bond acceptors (Lipinski definition) is 4. The molecule has 1 spiro atoms. The smallest absolute Gasteiger partial charge is 0.260 e. The first-order valence-corrected chi connectivity index (χ1v) is 16.2. The molecule has 2 aliphatic heterocycles. The molecule has 5 nitrogen and oxygen atoms in total. The average Bonchev–Trinajstić information content (AvgIpc) is 3.28. The van der Waals surface area contributed by atoms with Gasteiger partial charge in [-0.05, 0) is 61.3 Å². The highest BCUT2D eigenvalue weighted by Crippen LogP contribution is 2.58. The Labute approximate surface area is 266 Å². The predicted molar refractivity (Wildman–Crippen MR) is 181 cm³/mol. The summed E-state index contributed by atoms with van der Waals surface area (Å²) in [5, 5.41) is 7.34. The van der Waals surface area contributed by atoms with Crippen LogP contribution in [0.2, 0.25) is 0 Å². The van der Waals surface area contributed by atoms with E-state index >= 15 is 9.59 Å². The Hall–Kier alpha value is -4.51. The van der Waals surface area contributed by atoms with Gasteiger partial charge in [-0.15, -0.1) is 0 Å². The maximum atomic E-state index is 15.5. The van der Waals surface area contributed by atoms with Crippen molar-refractivity contribution < 1.29 is 9.59 Å². The van der Waals surface area contributed by atoms with Gasteiger partial charge >= 0.3 is 0 Å². The second-order valence-corrected chi connectivity index (χ2v) is 14.1. The Balaban J connectivity index is 1.50. The molecule has 0 N–H and O–H groups in total. The number of para-hydroxylation sites is 2. The van der Waals surface area contributed by atoms with Crippen LogP contribution in [0.4, 0.5) is 11.4 Å². The predicted octanol–water partition coefficient (Wildman–Crippen LogP) is 8.57. The fourth-order valence-corrected chi connectivity index (χ4v) is 7.93. The molecule has 2 heterocycles. The summed E-state index contributed by atoms with van der Waals surface area (Å²) in [7, 11) is 0. The van der Waals surface area contributed by atoms with E-state index < -0.39 is 11.5 Å². The highest BCUT2D eigenvalue weighted by molar-refractivity contribution is 6.16. The molecule has 4 aromatic carbocycles. The third-order valence-corrected chi connectivity index (χ3v) is 10.3. The molecule has 5 heteroatoms. The van der Waals surface area contributed by atoms with Crippen molar-refractivity contribution in [2.75, 3.05) is 9.91 Å². The van der Waals surface area contributed by atoms with Gasteiger partial charge in [0, 0.05) is 22.8 Å². The molecule has 228 valence electrons. The Morgan fingerprint density at radius 3 is 2.20 bits per heavy atom. The molecule has 0 saturated heterocycles. The lowest BCUT2D eigenvalue weighted by atomic mass is 9.58. The summed E-state index contributed by atoms with van der Waals surface area (Å²) in [5.41, 5.74) is 5.04. The highest BCUT2D eigenvalue weighted by Gasteiger charge is 2.66. The molecule has 45 heavy (non-hydrogen) atoms. The van der Waals surface area contributed by atoms with Gasteiger partial charge in [0.1, 0.15) is 0 Å². The summed E-state index contributed by atoms with van der Waals surface area (Å²) in [6.45, 7) is 9.33. The SMILES string of the molecule is Cc1ccc(C(=O)[C@H]2[C@H]3C[C@H](C(C)(C)C)CCC3=NN(c3ccccc3)[C@]23C(=O)N(Cc2ccccc2)c2ccccc23)cc1. The molecule has 0 aromatic heterocycles. The van der Waals surface area contributed by atoms with Crippen LogP contribution in [0.3, 0.4) is 0 Å². The highest BCUT2D eigenvalue weighted by atomic mass is 16.2. The van der Waals surface area contributed by atoms with E-state index in [1.165, 1.54) is 0 Å². The van der Waals surface area contributed by atoms with E-state index in [0.717, 1.165) is 53.0 Å². The minimum Gasteiger partial charge on any atom is -0.305 e. The molecule has 3 aliphatic rings. The fourth-order valence-electron chi connectivity index (χ4n) is 7.93. The number of Topliss-reactive ketones (excluding diaryl/α,β-unsaturated/α-hetero) is 1. The molecular weight excluding hydrogens is 554 g/mol. The summed E-state index contributed by atoms with van der Waals surface area (Å²) < 4.78 is 0. The van der Waals surface area contributed by atoms with Crippen molar-refractivity contribution in [1.29, 1.82) is 0 Å². The summed E-state index contributed by atoms with van der Waals surface area (Å²) in [4.78, 5) is 32.7. The van der Waals surface area contributed by atoms with Crippen LogP contribution in [0, 0.1) is 30.1 Å². The average molecular weight is 596 g/mol. The number of carbonyl (C=O) groups is 2. The monoisotopic (exact) mass is 595 g/mol. The van der Waals surface area contributed by atoms with Crippen LogP contribution in [0.15, 0.2) is 114 Å². The Kier molecular flexibility index (Phi) is 7.23.